The second kappa shape index (κ2) is 7.98. The Balaban J connectivity index is 0.000000246. The molecule has 0 heterocycles. The molecule has 2 aromatic rings. The molecule has 0 fully saturated rings. The molecule has 0 saturated carbocycles. The van der Waals surface area contributed by atoms with Crippen LogP contribution >= 0.6 is 7.82 Å². The van der Waals surface area contributed by atoms with E-state index >= 15 is 0 Å². The fraction of sp³-hybridized carbons (Fsp3) is 0.200. The van der Waals surface area contributed by atoms with Crippen LogP contribution in [0.3, 0.4) is 0 Å². The minimum atomic E-state index is -3.90. The number of benzene rings is 2. The van der Waals surface area contributed by atoms with Crippen LogP contribution in [0.1, 0.15) is 5.56 Å². The molecule has 0 unspecified atom stereocenters. The molecular weight excluding hydrogens is 275 g/mol. The summed E-state index contributed by atoms with van der Waals surface area (Å²) in [6.07, 6.45) is 0. The Hall–Kier alpha value is -1.45. The molecule has 2 aromatic carbocycles. The molecule has 0 bridgehead atoms. The zero-order valence-electron chi connectivity index (χ0n) is 11.8. The first-order chi connectivity index (χ1) is 9.48. The van der Waals surface area contributed by atoms with Crippen LogP contribution in [0, 0.1) is 6.92 Å². The summed E-state index contributed by atoms with van der Waals surface area (Å²) >= 11 is 0. The molecule has 108 valence electrons. The van der Waals surface area contributed by atoms with E-state index < -0.39 is 7.82 Å². The van der Waals surface area contributed by atoms with Crippen LogP contribution in [0.4, 0.5) is 0 Å². The summed E-state index contributed by atoms with van der Waals surface area (Å²) in [5.41, 5.74) is 3.87. The molecule has 5 heteroatoms. The minimum Gasteiger partial charge on any atom is -0.756 e. The number of phosphoric acid groups is 1. The number of phosphoric ester groups is 1. The lowest BCUT2D eigenvalue weighted by atomic mass is 10.0. The molecule has 0 aliphatic carbocycles. The van der Waals surface area contributed by atoms with E-state index in [4.69, 9.17) is 0 Å². The summed E-state index contributed by atoms with van der Waals surface area (Å²) in [5.74, 6) is 0. The van der Waals surface area contributed by atoms with Gasteiger partial charge >= 0.3 is 0 Å². The number of hydrogen-bond acceptors (Lipinski definition) is 4. The zero-order valence-corrected chi connectivity index (χ0v) is 12.7. The lowest BCUT2D eigenvalue weighted by molar-refractivity contribution is -0.220. The van der Waals surface area contributed by atoms with Gasteiger partial charge in [0, 0.05) is 14.2 Å². The third kappa shape index (κ3) is 5.68. The summed E-state index contributed by atoms with van der Waals surface area (Å²) in [5, 5.41) is 0. The number of hydrogen-bond donors (Lipinski definition) is 0. The molecule has 0 aromatic heterocycles. The third-order valence-electron chi connectivity index (χ3n) is 2.61. The molecule has 0 N–H and O–H groups in total. The maximum atomic E-state index is 9.95. The first-order valence-electron chi connectivity index (χ1n) is 6.03. The number of rotatable bonds is 3. The average molecular weight is 293 g/mol. The van der Waals surface area contributed by atoms with E-state index in [1.54, 1.807) is 0 Å². The van der Waals surface area contributed by atoms with Gasteiger partial charge in [0.1, 0.15) is 0 Å². The van der Waals surface area contributed by atoms with Crippen molar-refractivity contribution in [3.8, 4) is 11.1 Å². The van der Waals surface area contributed by atoms with Gasteiger partial charge in [-0.15, -0.1) is 0 Å². The van der Waals surface area contributed by atoms with Crippen LogP contribution in [-0.4, -0.2) is 14.2 Å². The maximum absolute atomic E-state index is 9.95. The van der Waals surface area contributed by atoms with Crippen molar-refractivity contribution in [2.45, 2.75) is 6.92 Å². The largest absolute Gasteiger partial charge is 0.756 e. The molecule has 0 aliphatic rings. The Bertz CT molecular complexity index is 544. The van der Waals surface area contributed by atoms with Gasteiger partial charge in [-0.3, -0.25) is 4.57 Å². The Morgan fingerprint density at radius 3 is 1.70 bits per heavy atom. The molecule has 4 nitrogen and oxygen atoms in total. The molecule has 0 saturated heterocycles. The van der Waals surface area contributed by atoms with Gasteiger partial charge in [0.25, 0.3) is 7.82 Å². The summed E-state index contributed by atoms with van der Waals surface area (Å²) < 4.78 is 17.7. The van der Waals surface area contributed by atoms with E-state index in [1.165, 1.54) is 16.7 Å². The highest BCUT2D eigenvalue weighted by Crippen LogP contribution is 2.34. The Labute approximate surface area is 119 Å². The summed E-state index contributed by atoms with van der Waals surface area (Å²) in [4.78, 5) is 9.95. The van der Waals surface area contributed by atoms with Gasteiger partial charge < -0.3 is 13.9 Å². The molecule has 0 spiro atoms. The van der Waals surface area contributed by atoms with Crippen LogP contribution < -0.4 is 4.89 Å². The van der Waals surface area contributed by atoms with Crippen LogP contribution in [-0.2, 0) is 13.6 Å². The smallest absolute Gasteiger partial charge is 0.267 e. The van der Waals surface area contributed by atoms with Crippen LogP contribution in [0.5, 0.6) is 0 Å². The standard InChI is InChI=1S/C13H12.C2H7O4P/c1-11-7-9-13(10-8-11)12-5-3-2-4-6-12;1-5-7(3,4)6-2/h2-10H,1H3;1-2H3,(H,3,4)/p-1. The monoisotopic (exact) mass is 293 g/mol. The van der Waals surface area contributed by atoms with E-state index in [0.717, 1.165) is 14.2 Å². The maximum Gasteiger partial charge on any atom is 0.267 e. The summed E-state index contributed by atoms with van der Waals surface area (Å²) in [6.45, 7) is 2.11. The third-order valence-corrected chi connectivity index (χ3v) is 3.50. The first-order valence-corrected chi connectivity index (χ1v) is 7.49. The molecule has 0 radical (unpaired) electrons. The Kier molecular flexibility index (Phi) is 6.62. The van der Waals surface area contributed by atoms with E-state index in [2.05, 4.69) is 64.5 Å². The number of aryl methyl sites for hydroxylation is 1. The van der Waals surface area contributed by atoms with Gasteiger partial charge in [-0.05, 0) is 18.1 Å². The molecule has 0 aliphatic heterocycles. The van der Waals surface area contributed by atoms with Crippen LogP contribution in [0.2, 0.25) is 0 Å². The van der Waals surface area contributed by atoms with E-state index in [0.29, 0.717) is 0 Å². The van der Waals surface area contributed by atoms with Crippen LogP contribution in [0.15, 0.2) is 54.6 Å². The second-order valence-corrected chi connectivity index (χ2v) is 5.67. The van der Waals surface area contributed by atoms with Gasteiger partial charge in [0.15, 0.2) is 0 Å². The second-order valence-electron chi connectivity index (χ2n) is 4.04. The van der Waals surface area contributed by atoms with Gasteiger partial charge in [0.2, 0.25) is 0 Å². The van der Waals surface area contributed by atoms with Gasteiger partial charge in [-0.1, -0.05) is 60.2 Å². The fourth-order valence-corrected chi connectivity index (χ4v) is 1.60. The minimum absolute atomic E-state index is 1.04. The van der Waals surface area contributed by atoms with Gasteiger partial charge in [-0.2, -0.15) is 0 Å². The van der Waals surface area contributed by atoms with Gasteiger partial charge in [0.05, 0.1) is 0 Å². The molecule has 20 heavy (non-hydrogen) atoms. The highest BCUT2D eigenvalue weighted by molar-refractivity contribution is 7.45. The van der Waals surface area contributed by atoms with Crippen molar-refractivity contribution < 1.29 is 18.5 Å². The summed E-state index contributed by atoms with van der Waals surface area (Å²) in [6, 6.07) is 19.0. The fourth-order valence-electron chi connectivity index (χ4n) is 1.45. The topological polar surface area (TPSA) is 58.6 Å². The van der Waals surface area contributed by atoms with Crippen molar-refractivity contribution in [1.29, 1.82) is 0 Å². The van der Waals surface area contributed by atoms with Crippen molar-refractivity contribution in [3.63, 3.8) is 0 Å². The van der Waals surface area contributed by atoms with Crippen molar-refractivity contribution >= 4 is 7.82 Å². The summed E-state index contributed by atoms with van der Waals surface area (Å²) in [7, 11) is -1.83. The lowest BCUT2D eigenvalue weighted by Gasteiger charge is -2.16. The van der Waals surface area contributed by atoms with Crippen molar-refractivity contribution in [1.82, 2.24) is 0 Å². The molecule has 2 rings (SSSR count). The quantitative estimate of drug-likeness (QED) is 0.814. The van der Waals surface area contributed by atoms with E-state index in [-0.39, 0.29) is 0 Å². The highest BCUT2D eigenvalue weighted by atomic mass is 31.2. The van der Waals surface area contributed by atoms with Gasteiger partial charge in [-0.25, -0.2) is 0 Å². The highest BCUT2D eigenvalue weighted by Gasteiger charge is 1.98. The molecule has 0 atom stereocenters. The van der Waals surface area contributed by atoms with Crippen molar-refractivity contribution in [2.24, 2.45) is 0 Å². The van der Waals surface area contributed by atoms with Crippen molar-refractivity contribution in [2.75, 3.05) is 14.2 Å². The molecular formula is C15H18O4P-. The molecule has 0 amide bonds. The zero-order chi connectivity index (χ0) is 15.0. The van der Waals surface area contributed by atoms with E-state index in [1.807, 2.05) is 6.07 Å². The first kappa shape index (κ1) is 16.6. The lowest BCUT2D eigenvalue weighted by Crippen LogP contribution is -2.02. The predicted molar refractivity (Wildman–Crippen MR) is 78.2 cm³/mol. The van der Waals surface area contributed by atoms with E-state index in [9.17, 15) is 9.46 Å². The normalized spacial score (nSPS) is 10.6. The van der Waals surface area contributed by atoms with Crippen LogP contribution in [0.25, 0.3) is 11.1 Å². The predicted octanol–water partition coefficient (Wildman–Crippen LogP) is 3.41. The Morgan fingerprint density at radius 1 is 0.850 bits per heavy atom. The Morgan fingerprint density at radius 2 is 1.30 bits per heavy atom. The van der Waals surface area contributed by atoms with Crippen molar-refractivity contribution in [3.05, 3.63) is 60.2 Å². The average Bonchev–Trinajstić information content (AvgIpc) is 2.49. The SMILES string of the molecule is COP(=O)([O-])OC.Cc1ccc(-c2ccccc2)cc1.